The van der Waals surface area contributed by atoms with Crippen molar-refractivity contribution in [3.8, 4) is 5.75 Å². The van der Waals surface area contributed by atoms with Gasteiger partial charge in [-0.15, -0.1) is 0 Å². The van der Waals surface area contributed by atoms with Crippen LogP contribution >= 0.6 is 0 Å². The Labute approximate surface area is 163 Å². The van der Waals surface area contributed by atoms with E-state index in [4.69, 9.17) is 9.47 Å². The highest BCUT2D eigenvalue weighted by Crippen LogP contribution is 2.25. The summed E-state index contributed by atoms with van der Waals surface area (Å²) in [7, 11) is 0. The summed E-state index contributed by atoms with van der Waals surface area (Å²) in [6.07, 6.45) is 9.15. The summed E-state index contributed by atoms with van der Waals surface area (Å²) in [5.41, 5.74) is 0. The zero-order chi connectivity index (χ0) is 18.7. The van der Waals surface area contributed by atoms with Gasteiger partial charge in [0, 0.05) is 25.7 Å². The minimum Gasteiger partial charge on any atom is -0.491 e. The Hall–Kier alpha value is -1.59. The monoisotopic (exact) mass is 374 g/mol. The number of amides is 1. The Morgan fingerprint density at radius 1 is 1.00 bits per heavy atom. The summed E-state index contributed by atoms with van der Waals surface area (Å²) in [4.78, 5) is 14.6. The molecular weight excluding hydrogens is 340 g/mol. The number of piperidine rings is 1. The second-order valence-electron chi connectivity index (χ2n) is 7.86. The fraction of sp³-hybridized carbons (Fsp3) is 0.682. The normalized spacial score (nSPS) is 19.7. The van der Waals surface area contributed by atoms with Crippen molar-refractivity contribution in [3.63, 3.8) is 0 Å². The summed E-state index contributed by atoms with van der Waals surface area (Å²) >= 11 is 0. The summed E-state index contributed by atoms with van der Waals surface area (Å²) < 4.78 is 11.0. The molecule has 1 amide bonds. The molecule has 0 atom stereocenters. The Kier molecular flexibility index (Phi) is 8.43. The molecule has 0 aromatic heterocycles. The number of nitrogens with zero attached hydrogens (tertiary/aromatic N) is 1. The van der Waals surface area contributed by atoms with Crippen LogP contribution in [0.25, 0.3) is 0 Å². The van der Waals surface area contributed by atoms with Crippen molar-refractivity contribution < 1.29 is 14.3 Å². The highest BCUT2D eigenvalue weighted by molar-refractivity contribution is 5.77. The molecule has 2 aliphatic rings. The van der Waals surface area contributed by atoms with E-state index in [0.29, 0.717) is 19.3 Å². The maximum Gasteiger partial charge on any atom is 0.246 e. The van der Waals surface area contributed by atoms with Gasteiger partial charge in [0.1, 0.15) is 19.0 Å². The van der Waals surface area contributed by atoms with E-state index in [9.17, 15) is 4.79 Å². The quantitative estimate of drug-likeness (QED) is 0.674. The van der Waals surface area contributed by atoms with Gasteiger partial charge >= 0.3 is 0 Å². The van der Waals surface area contributed by atoms with Crippen LogP contribution in [0.5, 0.6) is 5.75 Å². The molecule has 1 heterocycles. The van der Waals surface area contributed by atoms with E-state index < -0.39 is 0 Å². The first-order valence-electron chi connectivity index (χ1n) is 10.6. The van der Waals surface area contributed by atoms with Gasteiger partial charge in [0.05, 0.1) is 6.61 Å². The minimum absolute atomic E-state index is 0.0135. The van der Waals surface area contributed by atoms with Gasteiger partial charge in [-0.3, -0.25) is 4.79 Å². The van der Waals surface area contributed by atoms with Crippen LogP contribution in [0.1, 0.15) is 44.9 Å². The molecular formula is C22H34N2O3. The summed E-state index contributed by atoms with van der Waals surface area (Å²) in [6, 6.07) is 9.94. The Morgan fingerprint density at radius 2 is 1.74 bits per heavy atom. The average Bonchev–Trinajstić information content (AvgIpc) is 2.71. The van der Waals surface area contributed by atoms with Crippen LogP contribution in [-0.2, 0) is 9.53 Å². The van der Waals surface area contributed by atoms with Crippen molar-refractivity contribution >= 4 is 5.91 Å². The maximum absolute atomic E-state index is 12.1. The van der Waals surface area contributed by atoms with E-state index in [-0.39, 0.29) is 12.5 Å². The molecule has 1 aliphatic heterocycles. The van der Waals surface area contributed by atoms with Crippen LogP contribution in [0.15, 0.2) is 30.3 Å². The van der Waals surface area contributed by atoms with Crippen LogP contribution in [0, 0.1) is 5.92 Å². The lowest BCUT2D eigenvalue weighted by molar-refractivity contribution is -0.127. The first-order chi connectivity index (χ1) is 13.3. The number of ether oxygens (including phenoxy) is 2. The lowest BCUT2D eigenvalue weighted by Crippen LogP contribution is -2.46. The number of carbonyl (C=O) groups excluding carboxylic acids is 1. The number of hydrogen-bond donors (Lipinski definition) is 1. The van der Waals surface area contributed by atoms with Crippen molar-refractivity contribution in [2.75, 3.05) is 39.5 Å². The molecule has 1 aromatic rings. The number of likely N-dealkylation sites (tertiary alicyclic amines) is 1. The lowest BCUT2D eigenvalue weighted by atomic mass is 9.88. The average molecular weight is 375 g/mol. The predicted molar refractivity (Wildman–Crippen MR) is 107 cm³/mol. The number of carbonyl (C=O) groups is 1. The maximum atomic E-state index is 12.1. The second kappa shape index (κ2) is 11.3. The summed E-state index contributed by atoms with van der Waals surface area (Å²) in [5.74, 6) is 1.71. The minimum atomic E-state index is -0.0135. The molecule has 0 unspecified atom stereocenters. The molecule has 1 aliphatic carbocycles. The standard InChI is InChI=1S/C22H34N2O3/c25-22(18-26-15-16-27-21-9-5-2-6-10-21)23-20-11-13-24(14-12-20)17-19-7-3-1-4-8-19/h2,5-6,9-10,19-20H,1,3-4,7-8,11-18H2,(H,23,25). The van der Waals surface area contributed by atoms with E-state index >= 15 is 0 Å². The van der Waals surface area contributed by atoms with Gasteiger partial charge in [-0.05, 0) is 43.7 Å². The van der Waals surface area contributed by atoms with Crippen molar-refractivity contribution in [2.45, 2.75) is 51.0 Å². The smallest absolute Gasteiger partial charge is 0.246 e. The molecule has 5 heteroatoms. The summed E-state index contributed by atoms with van der Waals surface area (Å²) in [6.45, 7) is 4.45. The lowest BCUT2D eigenvalue weighted by Gasteiger charge is -2.35. The predicted octanol–water partition coefficient (Wildman–Crippen LogP) is 3.24. The SMILES string of the molecule is O=C(COCCOc1ccccc1)NC1CCN(CC2CCCCC2)CC1. The highest BCUT2D eigenvalue weighted by atomic mass is 16.5. The van der Waals surface area contributed by atoms with E-state index in [2.05, 4.69) is 10.2 Å². The highest BCUT2D eigenvalue weighted by Gasteiger charge is 2.23. The number of hydrogen-bond acceptors (Lipinski definition) is 4. The Bertz CT molecular complexity index is 538. The third-order valence-electron chi connectivity index (χ3n) is 5.67. The molecule has 1 saturated carbocycles. The molecule has 27 heavy (non-hydrogen) atoms. The van der Waals surface area contributed by atoms with E-state index in [1.807, 2.05) is 30.3 Å². The molecule has 2 fully saturated rings. The first-order valence-corrected chi connectivity index (χ1v) is 10.6. The second-order valence-corrected chi connectivity index (χ2v) is 7.86. The fourth-order valence-corrected chi connectivity index (χ4v) is 4.16. The summed E-state index contributed by atoms with van der Waals surface area (Å²) in [5, 5.41) is 3.12. The zero-order valence-electron chi connectivity index (χ0n) is 16.4. The third kappa shape index (κ3) is 7.51. The largest absolute Gasteiger partial charge is 0.491 e. The van der Waals surface area contributed by atoms with Gasteiger partial charge in [-0.2, -0.15) is 0 Å². The van der Waals surface area contributed by atoms with Crippen molar-refractivity contribution in [3.05, 3.63) is 30.3 Å². The molecule has 3 rings (SSSR count). The molecule has 0 bridgehead atoms. The number of nitrogens with one attached hydrogen (secondary N) is 1. The van der Waals surface area contributed by atoms with Crippen molar-refractivity contribution in [1.29, 1.82) is 0 Å². The van der Waals surface area contributed by atoms with Gasteiger partial charge in [-0.1, -0.05) is 37.5 Å². The van der Waals surface area contributed by atoms with Gasteiger partial charge in [0.2, 0.25) is 5.91 Å². The number of benzene rings is 1. The van der Waals surface area contributed by atoms with Gasteiger partial charge < -0.3 is 19.7 Å². The van der Waals surface area contributed by atoms with Crippen LogP contribution in [0.3, 0.4) is 0 Å². The molecule has 0 spiro atoms. The van der Waals surface area contributed by atoms with Crippen LogP contribution in [-0.4, -0.2) is 56.3 Å². The van der Waals surface area contributed by atoms with Crippen LogP contribution in [0.4, 0.5) is 0 Å². The third-order valence-corrected chi connectivity index (χ3v) is 5.67. The first kappa shape index (κ1) is 20.2. The fourth-order valence-electron chi connectivity index (χ4n) is 4.16. The molecule has 1 saturated heterocycles. The Balaban J connectivity index is 1.22. The molecule has 5 nitrogen and oxygen atoms in total. The van der Waals surface area contributed by atoms with Crippen molar-refractivity contribution in [2.24, 2.45) is 5.92 Å². The molecule has 1 N–H and O–H groups in total. The number of para-hydroxylation sites is 1. The Morgan fingerprint density at radius 3 is 2.48 bits per heavy atom. The molecule has 0 radical (unpaired) electrons. The van der Waals surface area contributed by atoms with Crippen LogP contribution in [0.2, 0.25) is 0 Å². The zero-order valence-corrected chi connectivity index (χ0v) is 16.4. The van der Waals surface area contributed by atoms with Crippen LogP contribution < -0.4 is 10.1 Å². The van der Waals surface area contributed by atoms with E-state index in [1.54, 1.807) is 0 Å². The molecule has 1 aromatic carbocycles. The molecule has 150 valence electrons. The number of rotatable bonds is 9. The topological polar surface area (TPSA) is 50.8 Å². The van der Waals surface area contributed by atoms with Gasteiger partial charge in [0.25, 0.3) is 0 Å². The van der Waals surface area contributed by atoms with Gasteiger partial charge in [0.15, 0.2) is 0 Å². The van der Waals surface area contributed by atoms with Gasteiger partial charge in [-0.25, -0.2) is 0 Å². The van der Waals surface area contributed by atoms with E-state index in [1.165, 1.54) is 38.6 Å². The van der Waals surface area contributed by atoms with E-state index in [0.717, 1.165) is 37.6 Å². The van der Waals surface area contributed by atoms with Crippen molar-refractivity contribution in [1.82, 2.24) is 10.2 Å².